The summed E-state index contributed by atoms with van der Waals surface area (Å²) in [5.74, 6) is 0. The molecule has 0 unspecified atom stereocenters. The van der Waals surface area contributed by atoms with E-state index in [1.807, 2.05) is 68.5 Å². The predicted octanol–water partition coefficient (Wildman–Crippen LogP) is 4.97. The van der Waals surface area contributed by atoms with Crippen molar-refractivity contribution in [3.05, 3.63) is 69.7 Å². The van der Waals surface area contributed by atoms with Gasteiger partial charge in [0.05, 0.1) is 6.21 Å². The van der Waals surface area contributed by atoms with Crippen LogP contribution in [0.15, 0.2) is 63.7 Å². The summed E-state index contributed by atoms with van der Waals surface area (Å²) in [6.07, 6.45) is 3.60. The predicted molar refractivity (Wildman–Crippen MR) is 99.6 cm³/mol. The van der Waals surface area contributed by atoms with E-state index in [2.05, 4.69) is 31.8 Å². The number of nitrogens with one attached hydrogen (secondary N) is 2. The third kappa shape index (κ3) is 5.71. The van der Waals surface area contributed by atoms with E-state index in [1.165, 1.54) is 0 Å². The standard InChI is InChI=1S/C18H18BrN3O/c1-13(10-15-6-4-3-5-7-15)12-20-22-18(23)21-16-8-9-17(19)14(2)11-16/h3-12H,1-2H3,(H2,21,22,23)/b13-10+,20-12+. The molecule has 118 valence electrons. The number of hydrogen-bond acceptors (Lipinski definition) is 2. The van der Waals surface area contributed by atoms with Crippen LogP contribution in [-0.4, -0.2) is 12.2 Å². The van der Waals surface area contributed by atoms with Gasteiger partial charge in [-0.25, -0.2) is 10.2 Å². The molecule has 0 spiro atoms. The minimum Gasteiger partial charge on any atom is -0.307 e. The monoisotopic (exact) mass is 371 g/mol. The van der Waals surface area contributed by atoms with Gasteiger partial charge in [0.15, 0.2) is 0 Å². The molecule has 0 aliphatic rings. The van der Waals surface area contributed by atoms with E-state index >= 15 is 0 Å². The number of halogens is 1. The fourth-order valence-corrected chi connectivity index (χ4v) is 2.17. The molecule has 4 nitrogen and oxygen atoms in total. The highest BCUT2D eigenvalue weighted by atomic mass is 79.9. The van der Waals surface area contributed by atoms with Crippen molar-refractivity contribution in [1.82, 2.24) is 5.43 Å². The maximum absolute atomic E-state index is 11.8. The Morgan fingerprint density at radius 3 is 2.61 bits per heavy atom. The second-order valence-corrected chi connectivity index (χ2v) is 5.94. The molecule has 0 heterocycles. The number of urea groups is 1. The number of benzene rings is 2. The number of rotatable bonds is 4. The van der Waals surface area contributed by atoms with Crippen LogP contribution in [0.1, 0.15) is 18.1 Å². The number of amides is 2. The summed E-state index contributed by atoms with van der Waals surface area (Å²) in [6, 6.07) is 15.1. The molecule has 0 fully saturated rings. The van der Waals surface area contributed by atoms with E-state index in [9.17, 15) is 4.79 Å². The van der Waals surface area contributed by atoms with Crippen molar-refractivity contribution in [1.29, 1.82) is 0 Å². The third-order valence-electron chi connectivity index (χ3n) is 3.04. The minimum atomic E-state index is -0.379. The van der Waals surface area contributed by atoms with E-state index in [0.717, 1.165) is 26.9 Å². The zero-order valence-corrected chi connectivity index (χ0v) is 14.6. The van der Waals surface area contributed by atoms with Crippen molar-refractivity contribution in [2.45, 2.75) is 13.8 Å². The Labute approximate surface area is 144 Å². The number of hydrogen-bond donors (Lipinski definition) is 2. The maximum Gasteiger partial charge on any atom is 0.339 e. The number of aryl methyl sites for hydroxylation is 1. The van der Waals surface area contributed by atoms with Crippen LogP contribution in [0.2, 0.25) is 0 Å². The van der Waals surface area contributed by atoms with Crippen LogP contribution in [0, 0.1) is 6.92 Å². The van der Waals surface area contributed by atoms with Gasteiger partial charge in [0.25, 0.3) is 0 Å². The molecular formula is C18H18BrN3O. The normalized spacial score (nSPS) is 11.5. The lowest BCUT2D eigenvalue weighted by Crippen LogP contribution is -2.24. The molecule has 2 N–H and O–H groups in total. The van der Waals surface area contributed by atoms with Gasteiger partial charge in [-0.05, 0) is 48.7 Å². The average molecular weight is 372 g/mol. The van der Waals surface area contributed by atoms with Crippen LogP contribution in [0.3, 0.4) is 0 Å². The van der Waals surface area contributed by atoms with Crippen LogP contribution in [0.5, 0.6) is 0 Å². The van der Waals surface area contributed by atoms with Gasteiger partial charge in [-0.3, -0.25) is 0 Å². The number of hydrazone groups is 1. The fourth-order valence-electron chi connectivity index (χ4n) is 1.92. The second kappa shape index (κ2) is 8.29. The second-order valence-electron chi connectivity index (χ2n) is 5.09. The largest absolute Gasteiger partial charge is 0.339 e. The quantitative estimate of drug-likeness (QED) is 0.578. The molecule has 2 aromatic rings. The van der Waals surface area contributed by atoms with Crippen LogP contribution >= 0.6 is 15.9 Å². The van der Waals surface area contributed by atoms with Gasteiger partial charge < -0.3 is 5.32 Å². The molecule has 0 radical (unpaired) electrons. The highest BCUT2D eigenvalue weighted by Gasteiger charge is 2.01. The van der Waals surface area contributed by atoms with E-state index in [0.29, 0.717) is 0 Å². The van der Waals surface area contributed by atoms with Crippen LogP contribution in [0.25, 0.3) is 6.08 Å². The summed E-state index contributed by atoms with van der Waals surface area (Å²) in [4.78, 5) is 11.8. The highest BCUT2D eigenvalue weighted by Crippen LogP contribution is 2.19. The van der Waals surface area contributed by atoms with Gasteiger partial charge in [-0.1, -0.05) is 52.3 Å². The van der Waals surface area contributed by atoms with E-state index in [-0.39, 0.29) is 6.03 Å². The molecule has 0 saturated heterocycles. The number of carbonyl (C=O) groups is 1. The summed E-state index contributed by atoms with van der Waals surface area (Å²) in [6.45, 7) is 3.89. The molecule has 0 aromatic heterocycles. The van der Waals surface area contributed by atoms with Crippen molar-refractivity contribution in [2.75, 3.05) is 5.32 Å². The molecule has 0 aliphatic heterocycles. The first-order chi connectivity index (χ1) is 11.0. The van der Waals surface area contributed by atoms with E-state index in [1.54, 1.807) is 6.21 Å². The molecule has 0 bridgehead atoms. The summed E-state index contributed by atoms with van der Waals surface area (Å²) in [5.41, 5.74) is 6.25. The Kier molecular flexibility index (Phi) is 6.11. The van der Waals surface area contributed by atoms with Gasteiger partial charge in [-0.15, -0.1) is 0 Å². The zero-order valence-electron chi connectivity index (χ0n) is 13.0. The first-order valence-electron chi connectivity index (χ1n) is 7.14. The van der Waals surface area contributed by atoms with Gasteiger partial charge in [-0.2, -0.15) is 5.10 Å². The first-order valence-corrected chi connectivity index (χ1v) is 7.93. The van der Waals surface area contributed by atoms with Crippen molar-refractivity contribution in [2.24, 2.45) is 5.10 Å². The molecule has 2 rings (SSSR count). The van der Waals surface area contributed by atoms with Crippen molar-refractivity contribution in [3.63, 3.8) is 0 Å². The van der Waals surface area contributed by atoms with Gasteiger partial charge >= 0.3 is 6.03 Å². The summed E-state index contributed by atoms with van der Waals surface area (Å²) in [7, 11) is 0. The number of anilines is 1. The Balaban J connectivity index is 1.88. The van der Waals surface area contributed by atoms with Crippen molar-refractivity contribution >= 4 is 39.9 Å². The summed E-state index contributed by atoms with van der Waals surface area (Å²) in [5, 5.41) is 6.67. The Hall–Kier alpha value is -2.40. The lowest BCUT2D eigenvalue weighted by Gasteiger charge is -2.06. The lowest BCUT2D eigenvalue weighted by atomic mass is 10.1. The molecule has 23 heavy (non-hydrogen) atoms. The van der Waals surface area contributed by atoms with E-state index < -0.39 is 0 Å². The molecule has 5 heteroatoms. The van der Waals surface area contributed by atoms with Crippen LogP contribution in [0.4, 0.5) is 10.5 Å². The van der Waals surface area contributed by atoms with Crippen molar-refractivity contribution < 1.29 is 4.79 Å². The fraction of sp³-hybridized carbons (Fsp3) is 0.111. The van der Waals surface area contributed by atoms with Gasteiger partial charge in [0.1, 0.15) is 0 Å². The maximum atomic E-state index is 11.8. The summed E-state index contributed by atoms with van der Waals surface area (Å²) < 4.78 is 1.00. The number of allylic oxidation sites excluding steroid dienone is 1. The molecule has 2 aromatic carbocycles. The van der Waals surface area contributed by atoms with Crippen LogP contribution in [-0.2, 0) is 0 Å². The molecular weight excluding hydrogens is 354 g/mol. The molecule has 0 atom stereocenters. The smallest absolute Gasteiger partial charge is 0.307 e. The average Bonchev–Trinajstić information content (AvgIpc) is 2.52. The summed E-state index contributed by atoms with van der Waals surface area (Å²) >= 11 is 3.42. The first kappa shape index (κ1) is 17.0. The molecule has 2 amide bonds. The SMILES string of the molecule is CC(/C=N/NC(=O)Nc1ccc(Br)c(C)c1)=C\c1ccccc1. The third-order valence-corrected chi connectivity index (χ3v) is 3.93. The van der Waals surface area contributed by atoms with Crippen molar-refractivity contribution in [3.8, 4) is 0 Å². The van der Waals surface area contributed by atoms with Gasteiger partial charge in [0, 0.05) is 10.2 Å². The number of carbonyl (C=O) groups excluding carboxylic acids is 1. The Bertz CT molecular complexity index is 739. The molecule has 0 aliphatic carbocycles. The topological polar surface area (TPSA) is 53.5 Å². The Morgan fingerprint density at radius 2 is 1.91 bits per heavy atom. The Morgan fingerprint density at radius 1 is 1.17 bits per heavy atom. The van der Waals surface area contributed by atoms with Crippen LogP contribution < -0.4 is 10.7 Å². The van der Waals surface area contributed by atoms with Gasteiger partial charge in [0.2, 0.25) is 0 Å². The number of nitrogens with zero attached hydrogens (tertiary/aromatic N) is 1. The minimum absolute atomic E-state index is 0.379. The highest BCUT2D eigenvalue weighted by molar-refractivity contribution is 9.10. The lowest BCUT2D eigenvalue weighted by molar-refractivity contribution is 0.252. The zero-order chi connectivity index (χ0) is 16.7. The molecule has 0 saturated carbocycles. The van der Waals surface area contributed by atoms with E-state index in [4.69, 9.17) is 0 Å².